The monoisotopic (exact) mass is 313 g/mol. The minimum absolute atomic E-state index is 0.0173. The van der Waals surface area contributed by atoms with Gasteiger partial charge in [-0.25, -0.2) is 4.68 Å². The van der Waals surface area contributed by atoms with Gasteiger partial charge in [0.25, 0.3) is 0 Å². The lowest BCUT2D eigenvalue weighted by molar-refractivity contribution is -0.131. The maximum absolute atomic E-state index is 12.6. The highest BCUT2D eigenvalue weighted by atomic mass is 16.3. The standard InChI is InChI=1S/C18H23N3O2/c1-13-17(12-18(23)20(10-11-22)15-8-9-15)14(2)21(19-13)16-6-4-3-5-7-16/h3-7,15,22H,8-12H2,1-2H3. The number of hydrogen-bond acceptors (Lipinski definition) is 3. The van der Waals surface area contributed by atoms with Crippen molar-refractivity contribution in [1.82, 2.24) is 14.7 Å². The number of aromatic nitrogens is 2. The van der Waals surface area contributed by atoms with Crippen LogP contribution < -0.4 is 0 Å². The molecule has 1 aliphatic rings. The van der Waals surface area contributed by atoms with E-state index in [2.05, 4.69) is 5.10 Å². The van der Waals surface area contributed by atoms with E-state index >= 15 is 0 Å². The molecule has 1 aromatic carbocycles. The van der Waals surface area contributed by atoms with Gasteiger partial charge in [-0.2, -0.15) is 5.10 Å². The third-order valence-corrected chi connectivity index (χ3v) is 4.42. The van der Waals surface area contributed by atoms with Crippen molar-refractivity contribution >= 4 is 5.91 Å². The second-order valence-electron chi connectivity index (χ2n) is 6.12. The normalized spacial score (nSPS) is 14.0. The number of hydrogen-bond donors (Lipinski definition) is 1. The average Bonchev–Trinajstić information content (AvgIpc) is 3.35. The molecular formula is C18H23N3O2. The SMILES string of the molecule is Cc1nn(-c2ccccc2)c(C)c1CC(=O)N(CCO)C1CC1. The highest BCUT2D eigenvalue weighted by molar-refractivity contribution is 5.80. The molecule has 0 aliphatic heterocycles. The molecule has 1 fully saturated rings. The van der Waals surface area contributed by atoms with Crippen molar-refractivity contribution < 1.29 is 9.90 Å². The van der Waals surface area contributed by atoms with Crippen molar-refractivity contribution in [1.29, 1.82) is 0 Å². The summed E-state index contributed by atoms with van der Waals surface area (Å²) in [4.78, 5) is 14.4. The number of aliphatic hydroxyl groups is 1. The molecule has 1 saturated carbocycles. The van der Waals surface area contributed by atoms with Crippen molar-refractivity contribution in [3.63, 3.8) is 0 Å². The Hall–Kier alpha value is -2.14. The van der Waals surface area contributed by atoms with Gasteiger partial charge in [-0.3, -0.25) is 4.79 Å². The van der Waals surface area contributed by atoms with Gasteiger partial charge in [0.15, 0.2) is 0 Å². The zero-order valence-electron chi connectivity index (χ0n) is 13.7. The van der Waals surface area contributed by atoms with Crippen molar-refractivity contribution in [2.45, 2.75) is 39.2 Å². The lowest BCUT2D eigenvalue weighted by atomic mass is 10.1. The van der Waals surface area contributed by atoms with Crippen LogP contribution in [0.2, 0.25) is 0 Å². The first-order valence-corrected chi connectivity index (χ1v) is 8.12. The highest BCUT2D eigenvalue weighted by Gasteiger charge is 2.32. The molecule has 1 heterocycles. The summed E-state index contributed by atoms with van der Waals surface area (Å²) in [5, 5.41) is 13.8. The van der Waals surface area contributed by atoms with Gasteiger partial charge in [0, 0.05) is 23.8 Å². The molecule has 0 radical (unpaired) electrons. The molecule has 5 heteroatoms. The molecule has 122 valence electrons. The van der Waals surface area contributed by atoms with E-state index in [1.54, 1.807) is 0 Å². The van der Waals surface area contributed by atoms with Crippen LogP contribution in [0, 0.1) is 13.8 Å². The molecule has 0 saturated heterocycles. The lowest BCUT2D eigenvalue weighted by Gasteiger charge is -2.21. The number of nitrogens with zero attached hydrogens (tertiary/aromatic N) is 3. The second kappa shape index (κ2) is 6.54. The summed E-state index contributed by atoms with van der Waals surface area (Å²) >= 11 is 0. The third-order valence-electron chi connectivity index (χ3n) is 4.42. The summed E-state index contributed by atoms with van der Waals surface area (Å²) in [7, 11) is 0. The first-order chi connectivity index (χ1) is 11.1. The van der Waals surface area contributed by atoms with Gasteiger partial charge in [0.05, 0.1) is 24.4 Å². The maximum Gasteiger partial charge on any atom is 0.227 e. The molecule has 0 spiro atoms. The molecule has 0 unspecified atom stereocenters. The van der Waals surface area contributed by atoms with E-state index in [1.807, 2.05) is 53.8 Å². The van der Waals surface area contributed by atoms with E-state index in [-0.39, 0.29) is 12.5 Å². The van der Waals surface area contributed by atoms with Gasteiger partial charge in [-0.15, -0.1) is 0 Å². The van der Waals surface area contributed by atoms with Crippen molar-refractivity contribution in [2.75, 3.05) is 13.2 Å². The highest BCUT2D eigenvalue weighted by Crippen LogP contribution is 2.28. The van der Waals surface area contributed by atoms with Gasteiger partial charge in [-0.05, 0) is 38.8 Å². The van der Waals surface area contributed by atoms with Crippen molar-refractivity contribution in [3.05, 3.63) is 47.3 Å². The number of aryl methyl sites for hydroxylation is 1. The Bertz CT molecular complexity index is 690. The van der Waals surface area contributed by atoms with Crippen LogP contribution in [0.4, 0.5) is 0 Å². The fourth-order valence-corrected chi connectivity index (χ4v) is 3.01. The smallest absolute Gasteiger partial charge is 0.227 e. The molecule has 23 heavy (non-hydrogen) atoms. The molecule has 1 aliphatic carbocycles. The van der Waals surface area contributed by atoms with E-state index in [0.29, 0.717) is 19.0 Å². The molecule has 1 amide bonds. The minimum atomic E-state index is 0.0173. The molecule has 0 bridgehead atoms. The molecule has 3 rings (SSSR count). The topological polar surface area (TPSA) is 58.4 Å². The quantitative estimate of drug-likeness (QED) is 0.887. The van der Waals surface area contributed by atoms with Crippen LogP contribution in [0.3, 0.4) is 0 Å². The Kier molecular flexibility index (Phi) is 4.48. The van der Waals surface area contributed by atoms with Crippen molar-refractivity contribution in [2.24, 2.45) is 0 Å². The first-order valence-electron chi connectivity index (χ1n) is 8.12. The molecular weight excluding hydrogens is 290 g/mol. The Balaban J connectivity index is 1.83. The number of carbonyl (C=O) groups excluding carboxylic acids is 1. The summed E-state index contributed by atoms with van der Waals surface area (Å²) in [5.74, 6) is 0.0837. The second-order valence-corrected chi connectivity index (χ2v) is 6.12. The predicted molar refractivity (Wildman–Crippen MR) is 88.6 cm³/mol. The zero-order valence-corrected chi connectivity index (χ0v) is 13.7. The Labute approximate surface area is 136 Å². The van der Waals surface area contributed by atoms with E-state index < -0.39 is 0 Å². The molecule has 5 nitrogen and oxygen atoms in total. The summed E-state index contributed by atoms with van der Waals surface area (Å²) in [6, 6.07) is 10.3. The van der Waals surface area contributed by atoms with Crippen LogP contribution in [0.5, 0.6) is 0 Å². The molecule has 1 aromatic heterocycles. The van der Waals surface area contributed by atoms with E-state index in [9.17, 15) is 9.90 Å². The summed E-state index contributed by atoms with van der Waals surface area (Å²) < 4.78 is 1.89. The zero-order chi connectivity index (χ0) is 16.4. The van der Waals surface area contributed by atoms with Crippen LogP contribution in [0.25, 0.3) is 5.69 Å². The molecule has 1 N–H and O–H groups in total. The van der Waals surface area contributed by atoms with Gasteiger partial charge in [0.1, 0.15) is 0 Å². The van der Waals surface area contributed by atoms with Crippen LogP contribution >= 0.6 is 0 Å². The van der Waals surface area contributed by atoms with Crippen molar-refractivity contribution in [3.8, 4) is 5.69 Å². The molecule has 2 aromatic rings. The van der Waals surface area contributed by atoms with Gasteiger partial charge in [0.2, 0.25) is 5.91 Å². The summed E-state index contributed by atoms with van der Waals surface area (Å²) in [5.41, 5.74) is 3.88. The third kappa shape index (κ3) is 3.29. The number of benzene rings is 1. The average molecular weight is 313 g/mol. The van der Waals surface area contributed by atoms with Crippen LogP contribution in [-0.4, -0.2) is 44.9 Å². The Morgan fingerprint density at radius 2 is 2.00 bits per heavy atom. The minimum Gasteiger partial charge on any atom is -0.395 e. The lowest BCUT2D eigenvalue weighted by Crippen LogP contribution is -2.36. The Morgan fingerprint density at radius 3 is 2.61 bits per heavy atom. The van der Waals surface area contributed by atoms with Gasteiger partial charge in [-0.1, -0.05) is 18.2 Å². The van der Waals surface area contributed by atoms with Gasteiger partial charge >= 0.3 is 0 Å². The fourth-order valence-electron chi connectivity index (χ4n) is 3.01. The van der Waals surface area contributed by atoms with E-state index in [4.69, 9.17) is 0 Å². The number of amides is 1. The van der Waals surface area contributed by atoms with E-state index in [0.717, 1.165) is 35.5 Å². The molecule has 0 atom stereocenters. The van der Waals surface area contributed by atoms with Crippen LogP contribution in [0.15, 0.2) is 30.3 Å². The number of para-hydroxylation sites is 1. The van der Waals surface area contributed by atoms with Crippen LogP contribution in [0.1, 0.15) is 29.8 Å². The first kappa shape index (κ1) is 15.7. The number of rotatable bonds is 6. The predicted octanol–water partition coefficient (Wildman–Crippen LogP) is 2.01. The van der Waals surface area contributed by atoms with Crippen LogP contribution in [-0.2, 0) is 11.2 Å². The maximum atomic E-state index is 12.6. The number of aliphatic hydroxyl groups excluding tert-OH is 1. The summed E-state index contributed by atoms with van der Waals surface area (Å²) in [6.07, 6.45) is 2.45. The Morgan fingerprint density at radius 1 is 1.30 bits per heavy atom. The van der Waals surface area contributed by atoms with Gasteiger partial charge < -0.3 is 10.0 Å². The largest absolute Gasteiger partial charge is 0.395 e. The van der Waals surface area contributed by atoms with E-state index in [1.165, 1.54) is 0 Å². The fraction of sp³-hybridized carbons (Fsp3) is 0.444. The summed E-state index contributed by atoms with van der Waals surface area (Å²) in [6.45, 7) is 4.39. The number of carbonyl (C=O) groups is 1.